The third kappa shape index (κ3) is 4.81. The highest BCUT2D eigenvalue weighted by Gasteiger charge is 2.32. The molecule has 1 aromatic carbocycles. The van der Waals surface area contributed by atoms with Crippen LogP contribution in [0.3, 0.4) is 0 Å². The highest BCUT2D eigenvalue weighted by molar-refractivity contribution is 5.49. The summed E-state index contributed by atoms with van der Waals surface area (Å²) in [7, 11) is 0. The van der Waals surface area contributed by atoms with Crippen molar-refractivity contribution in [2.24, 2.45) is 0 Å². The van der Waals surface area contributed by atoms with Crippen molar-refractivity contribution < 1.29 is 13.2 Å². The van der Waals surface area contributed by atoms with Crippen LogP contribution in [-0.2, 0) is 19.3 Å². The molecule has 0 bridgehead atoms. The van der Waals surface area contributed by atoms with Crippen molar-refractivity contribution >= 4 is 5.69 Å². The zero-order chi connectivity index (χ0) is 21.1. The van der Waals surface area contributed by atoms with Crippen LogP contribution in [0.1, 0.15) is 31.2 Å². The van der Waals surface area contributed by atoms with E-state index in [1.54, 1.807) is 6.07 Å². The van der Waals surface area contributed by atoms with Gasteiger partial charge in [0.05, 0.1) is 12.1 Å². The van der Waals surface area contributed by atoms with Gasteiger partial charge in [0.25, 0.3) is 0 Å². The Labute approximate surface area is 176 Å². The SMILES string of the molecule is CCn1ccnc1CN1CCCC(N2CCN(c3cccc(C(F)(F)F)c3)CC2)C1. The molecule has 0 amide bonds. The Kier molecular flexibility index (Phi) is 6.34. The Morgan fingerprint density at radius 1 is 1.10 bits per heavy atom. The Morgan fingerprint density at radius 2 is 1.90 bits per heavy atom. The molecule has 2 aromatic rings. The maximum absolute atomic E-state index is 13.0. The molecule has 0 N–H and O–H groups in total. The Hall–Kier alpha value is -2.06. The summed E-state index contributed by atoms with van der Waals surface area (Å²) in [6.45, 7) is 9.36. The number of likely N-dealkylation sites (tertiary alicyclic amines) is 1. The number of nitrogens with zero attached hydrogens (tertiary/aromatic N) is 5. The van der Waals surface area contributed by atoms with Gasteiger partial charge in [0.15, 0.2) is 0 Å². The lowest BCUT2D eigenvalue weighted by Crippen LogP contribution is -2.55. The summed E-state index contributed by atoms with van der Waals surface area (Å²) < 4.78 is 41.3. The van der Waals surface area contributed by atoms with E-state index in [4.69, 9.17) is 0 Å². The molecule has 1 atom stereocenters. The fraction of sp³-hybridized carbons (Fsp3) is 0.591. The monoisotopic (exact) mass is 421 g/mol. The average Bonchev–Trinajstić information content (AvgIpc) is 3.21. The minimum absolute atomic E-state index is 0.507. The summed E-state index contributed by atoms with van der Waals surface area (Å²) in [6, 6.07) is 6.20. The molecule has 3 heterocycles. The second-order valence-electron chi connectivity index (χ2n) is 8.23. The van der Waals surface area contributed by atoms with Crippen LogP contribution in [0.25, 0.3) is 0 Å². The van der Waals surface area contributed by atoms with Crippen LogP contribution >= 0.6 is 0 Å². The number of hydrogen-bond acceptors (Lipinski definition) is 4. The first-order chi connectivity index (χ1) is 14.4. The number of piperazine rings is 1. The number of anilines is 1. The van der Waals surface area contributed by atoms with Crippen molar-refractivity contribution in [1.29, 1.82) is 0 Å². The zero-order valence-electron chi connectivity index (χ0n) is 17.5. The topological polar surface area (TPSA) is 27.5 Å². The van der Waals surface area contributed by atoms with Crippen molar-refractivity contribution in [3.8, 4) is 0 Å². The summed E-state index contributed by atoms with van der Waals surface area (Å²) in [6.07, 6.45) is 1.96. The molecule has 8 heteroatoms. The van der Waals surface area contributed by atoms with Gasteiger partial charge in [0.2, 0.25) is 0 Å². The summed E-state index contributed by atoms with van der Waals surface area (Å²) in [5.41, 5.74) is 0.0944. The number of benzene rings is 1. The fourth-order valence-electron chi connectivity index (χ4n) is 4.68. The number of aryl methyl sites for hydroxylation is 1. The standard InChI is InChI=1S/C22H30F3N5/c1-2-28-10-8-26-21(28)17-27-9-4-7-20(16-27)30-13-11-29(12-14-30)19-6-3-5-18(15-19)22(23,24)25/h3,5-6,8,10,15,20H,2,4,7,9,11-14,16-17H2,1H3. The molecular weight excluding hydrogens is 391 g/mol. The number of hydrogen-bond donors (Lipinski definition) is 0. The van der Waals surface area contributed by atoms with Gasteiger partial charge in [0.1, 0.15) is 5.82 Å². The molecule has 1 unspecified atom stereocenters. The molecular formula is C22H30F3N5. The molecule has 2 fully saturated rings. The number of alkyl halides is 3. The molecule has 30 heavy (non-hydrogen) atoms. The van der Waals surface area contributed by atoms with Gasteiger partial charge in [-0.15, -0.1) is 0 Å². The Morgan fingerprint density at radius 3 is 2.63 bits per heavy atom. The first-order valence-corrected chi connectivity index (χ1v) is 10.8. The first-order valence-electron chi connectivity index (χ1n) is 10.8. The average molecular weight is 422 g/mol. The molecule has 2 aliphatic heterocycles. The lowest BCUT2D eigenvalue weighted by atomic mass is 10.0. The quantitative estimate of drug-likeness (QED) is 0.736. The minimum Gasteiger partial charge on any atom is -0.369 e. The second kappa shape index (κ2) is 8.98. The summed E-state index contributed by atoms with van der Waals surface area (Å²) >= 11 is 0. The highest BCUT2D eigenvalue weighted by atomic mass is 19.4. The largest absolute Gasteiger partial charge is 0.416 e. The Bertz CT molecular complexity index is 826. The number of rotatable bonds is 5. The molecule has 0 spiro atoms. The van der Waals surface area contributed by atoms with Crippen molar-refractivity contribution in [1.82, 2.24) is 19.4 Å². The third-order valence-corrected chi connectivity index (χ3v) is 6.36. The molecule has 0 aliphatic carbocycles. The van der Waals surface area contributed by atoms with Crippen molar-refractivity contribution in [3.63, 3.8) is 0 Å². The van der Waals surface area contributed by atoms with Crippen LogP contribution in [0.2, 0.25) is 0 Å². The first kappa shape index (κ1) is 21.2. The fourth-order valence-corrected chi connectivity index (χ4v) is 4.68. The maximum Gasteiger partial charge on any atom is 0.416 e. The molecule has 0 saturated carbocycles. The predicted octanol–water partition coefficient (Wildman–Crippen LogP) is 3.71. The smallest absolute Gasteiger partial charge is 0.369 e. The van der Waals surface area contributed by atoms with Gasteiger partial charge in [-0.3, -0.25) is 9.80 Å². The lowest BCUT2D eigenvalue weighted by Gasteiger charge is -2.44. The normalized spacial score (nSPS) is 21.9. The number of aromatic nitrogens is 2. The second-order valence-corrected chi connectivity index (χ2v) is 8.23. The number of halogens is 3. The molecule has 1 aromatic heterocycles. The van der Waals surface area contributed by atoms with Gasteiger partial charge in [-0.2, -0.15) is 13.2 Å². The molecule has 2 saturated heterocycles. The predicted molar refractivity (Wildman–Crippen MR) is 111 cm³/mol. The van der Waals surface area contributed by atoms with E-state index in [-0.39, 0.29) is 0 Å². The van der Waals surface area contributed by atoms with E-state index < -0.39 is 11.7 Å². The minimum atomic E-state index is -4.30. The van der Waals surface area contributed by atoms with E-state index in [0.717, 1.165) is 64.2 Å². The van der Waals surface area contributed by atoms with E-state index in [1.165, 1.54) is 25.0 Å². The van der Waals surface area contributed by atoms with E-state index in [2.05, 4.69) is 31.2 Å². The van der Waals surface area contributed by atoms with Crippen LogP contribution in [0, 0.1) is 0 Å². The maximum atomic E-state index is 13.0. The number of piperidine rings is 1. The highest BCUT2D eigenvalue weighted by Crippen LogP contribution is 2.32. The van der Waals surface area contributed by atoms with E-state index >= 15 is 0 Å². The van der Waals surface area contributed by atoms with Crippen LogP contribution < -0.4 is 4.90 Å². The van der Waals surface area contributed by atoms with E-state index in [1.807, 2.05) is 12.4 Å². The molecule has 164 valence electrons. The molecule has 5 nitrogen and oxygen atoms in total. The van der Waals surface area contributed by atoms with Gasteiger partial charge in [0, 0.05) is 63.4 Å². The van der Waals surface area contributed by atoms with Crippen LogP contribution in [0.15, 0.2) is 36.7 Å². The van der Waals surface area contributed by atoms with Crippen LogP contribution in [0.4, 0.5) is 18.9 Å². The Balaban J connectivity index is 1.33. The molecule has 0 radical (unpaired) electrons. The number of imidazole rings is 1. The molecule has 2 aliphatic rings. The summed E-state index contributed by atoms with van der Waals surface area (Å²) in [5.74, 6) is 1.12. The van der Waals surface area contributed by atoms with E-state index in [0.29, 0.717) is 11.7 Å². The van der Waals surface area contributed by atoms with Gasteiger partial charge < -0.3 is 9.47 Å². The van der Waals surface area contributed by atoms with Crippen molar-refractivity contribution in [2.45, 2.75) is 45.1 Å². The van der Waals surface area contributed by atoms with Crippen molar-refractivity contribution in [2.75, 3.05) is 44.2 Å². The van der Waals surface area contributed by atoms with E-state index in [9.17, 15) is 13.2 Å². The van der Waals surface area contributed by atoms with Crippen LogP contribution in [0.5, 0.6) is 0 Å². The lowest BCUT2D eigenvalue weighted by molar-refractivity contribution is -0.137. The summed E-state index contributed by atoms with van der Waals surface area (Å²) in [4.78, 5) is 11.6. The van der Waals surface area contributed by atoms with Gasteiger partial charge in [-0.05, 0) is 44.5 Å². The van der Waals surface area contributed by atoms with Gasteiger partial charge in [-0.1, -0.05) is 6.07 Å². The zero-order valence-corrected chi connectivity index (χ0v) is 17.5. The molecule has 4 rings (SSSR count). The van der Waals surface area contributed by atoms with Gasteiger partial charge >= 0.3 is 6.18 Å². The van der Waals surface area contributed by atoms with Crippen molar-refractivity contribution in [3.05, 3.63) is 48.0 Å². The van der Waals surface area contributed by atoms with Crippen LogP contribution in [-0.4, -0.2) is 64.7 Å². The summed E-state index contributed by atoms with van der Waals surface area (Å²) in [5, 5.41) is 0. The third-order valence-electron chi connectivity index (χ3n) is 6.36. The van der Waals surface area contributed by atoms with Gasteiger partial charge in [-0.25, -0.2) is 4.98 Å².